The molecule has 0 bridgehead atoms. The maximum atomic E-state index is 2.18. The minimum absolute atomic E-state index is 0. The molecule has 11 heavy (non-hydrogen) atoms. The average Bonchev–Trinajstić information content (AvgIpc) is 2.14. The predicted octanol–water partition coefficient (Wildman–Crippen LogP) is 4.88. The van der Waals surface area contributed by atoms with Crippen LogP contribution in [0.3, 0.4) is 0 Å². The minimum Gasteiger partial charge on any atom is -0.0683 e. The van der Waals surface area contributed by atoms with Gasteiger partial charge in [0.25, 0.3) is 0 Å². The van der Waals surface area contributed by atoms with Gasteiger partial charge in [-0.25, -0.2) is 0 Å². The Balaban J connectivity index is -0.0000000152. The zero-order valence-corrected chi connectivity index (χ0v) is 12.8. The Bertz CT molecular complexity index is 6.83. The molecule has 0 aliphatic heterocycles. The van der Waals surface area contributed by atoms with E-state index in [0.717, 1.165) is 0 Å². The van der Waals surface area contributed by atoms with Crippen LogP contribution in [-0.2, 0) is 32.7 Å². The minimum atomic E-state index is 0. The van der Waals surface area contributed by atoms with E-state index in [2.05, 4.69) is 13.8 Å². The van der Waals surface area contributed by atoms with Crippen LogP contribution in [0.15, 0.2) is 0 Å². The zero-order valence-electron chi connectivity index (χ0n) is 9.99. The van der Waals surface area contributed by atoms with Crippen molar-refractivity contribution in [3.8, 4) is 0 Å². The molecule has 0 aromatic carbocycles. The van der Waals surface area contributed by atoms with Gasteiger partial charge in [0.05, 0.1) is 0 Å². The van der Waals surface area contributed by atoms with Crippen LogP contribution in [-0.4, -0.2) is 0 Å². The van der Waals surface area contributed by atoms with Gasteiger partial charge in [-0.3, -0.25) is 0 Å². The summed E-state index contributed by atoms with van der Waals surface area (Å²) in [5, 5.41) is 0. The quantitative estimate of drug-likeness (QED) is 0.609. The topological polar surface area (TPSA) is 0 Å². The molecule has 0 aliphatic rings. The maximum absolute atomic E-state index is 2.18. The Morgan fingerprint density at radius 1 is 0.545 bits per heavy atom. The van der Waals surface area contributed by atoms with E-state index in [1.54, 1.807) is 0 Å². The van der Waals surface area contributed by atoms with E-state index in [1.807, 2.05) is 41.5 Å². The summed E-state index contributed by atoms with van der Waals surface area (Å²) in [6.45, 7) is 16.4. The summed E-state index contributed by atoms with van der Waals surface area (Å²) in [5.41, 5.74) is 0. The third-order valence-corrected chi connectivity index (χ3v) is 0.500. The third-order valence-electron chi connectivity index (χ3n) is 0.500. The molecule has 0 rings (SSSR count). The van der Waals surface area contributed by atoms with E-state index >= 15 is 0 Å². The number of unbranched alkanes of at least 4 members (excludes halogenated alkanes) is 1. The summed E-state index contributed by atoms with van der Waals surface area (Å²) < 4.78 is 0. The number of rotatable bonds is 1. The zero-order chi connectivity index (χ0) is 9.41. The molecule has 0 saturated carbocycles. The maximum Gasteiger partial charge on any atom is 0 e. The third kappa shape index (κ3) is 208. The first-order chi connectivity index (χ1) is 4.91. The summed E-state index contributed by atoms with van der Waals surface area (Å²) in [5.74, 6) is 0. The second kappa shape index (κ2) is 118. The second-order valence-electron chi connectivity index (χ2n) is 1.000. The molecule has 0 aromatic heterocycles. The molecule has 0 unspecified atom stereocenters. The molecular weight excluding hydrogens is 209 g/mol. The molecule has 0 amide bonds. The smallest absolute Gasteiger partial charge is 0 e. The Labute approximate surface area is 100 Å². The van der Waals surface area contributed by atoms with Crippen LogP contribution in [0.5, 0.6) is 0 Å². The molecule has 0 atom stereocenters. The van der Waals surface area contributed by atoms with Gasteiger partial charge in [-0.05, 0) is 0 Å². The molecule has 0 fully saturated rings. The second-order valence-corrected chi connectivity index (χ2v) is 1.000. The van der Waals surface area contributed by atoms with Gasteiger partial charge in [0, 0.05) is 32.7 Å². The number of hydrogen-bond donors (Lipinski definition) is 0. The fourth-order valence-electron chi connectivity index (χ4n) is 0. The van der Waals surface area contributed by atoms with Crippen LogP contribution in [0.2, 0.25) is 0 Å². The molecule has 1 radical (unpaired) electrons. The van der Waals surface area contributed by atoms with Crippen molar-refractivity contribution < 1.29 is 32.7 Å². The molecule has 0 aromatic rings. The van der Waals surface area contributed by atoms with Crippen molar-refractivity contribution in [1.82, 2.24) is 0 Å². The molecule has 1 heteroatoms. The van der Waals surface area contributed by atoms with Crippen molar-refractivity contribution >= 4 is 0 Å². The first-order valence-electron chi connectivity index (χ1n) is 4.91. The van der Waals surface area contributed by atoms with Gasteiger partial charge in [-0.2, -0.15) is 0 Å². The van der Waals surface area contributed by atoms with Crippen molar-refractivity contribution in [2.45, 2.75) is 68.2 Å². The van der Waals surface area contributed by atoms with Gasteiger partial charge in [-0.15, -0.1) is 0 Å². The number of hydrogen-bond acceptors (Lipinski definition) is 0. The Morgan fingerprint density at radius 2 is 0.636 bits per heavy atom. The van der Waals surface area contributed by atoms with Crippen LogP contribution in [0.25, 0.3) is 0 Å². The molecule has 0 N–H and O–H groups in total. The Kier molecular flexibility index (Phi) is 316. The standard InChI is InChI=1S/C4H10.3C2H6.Y/c1-3-4-2;3*1-2;/h3-4H2,1-2H3;3*1-2H3;. The van der Waals surface area contributed by atoms with Gasteiger partial charge in [0.1, 0.15) is 0 Å². The molecule has 71 valence electrons. The van der Waals surface area contributed by atoms with Gasteiger partial charge in [-0.1, -0.05) is 68.2 Å². The first kappa shape index (κ1) is 29.6. The first-order valence-corrected chi connectivity index (χ1v) is 4.91. The summed E-state index contributed by atoms with van der Waals surface area (Å²) in [6.07, 6.45) is 2.64. The van der Waals surface area contributed by atoms with Crippen molar-refractivity contribution in [2.75, 3.05) is 0 Å². The van der Waals surface area contributed by atoms with Gasteiger partial charge in [0.2, 0.25) is 0 Å². The van der Waals surface area contributed by atoms with Crippen LogP contribution in [0.1, 0.15) is 68.2 Å². The fourth-order valence-corrected chi connectivity index (χ4v) is 0. The van der Waals surface area contributed by atoms with Crippen LogP contribution in [0, 0.1) is 0 Å². The largest absolute Gasteiger partial charge is 0.0683 e. The average molecular weight is 237 g/mol. The SMILES string of the molecule is CC.CC.CC.CCCC.[Y]. The van der Waals surface area contributed by atoms with Crippen molar-refractivity contribution in [3.05, 3.63) is 0 Å². The van der Waals surface area contributed by atoms with E-state index < -0.39 is 0 Å². The molecule has 0 aliphatic carbocycles. The van der Waals surface area contributed by atoms with E-state index in [4.69, 9.17) is 0 Å². The summed E-state index contributed by atoms with van der Waals surface area (Å²) in [7, 11) is 0. The monoisotopic (exact) mass is 237 g/mol. The van der Waals surface area contributed by atoms with E-state index in [1.165, 1.54) is 12.8 Å². The summed E-state index contributed by atoms with van der Waals surface area (Å²) >= 11 is 0. The Morgan fingerprint density at radius 3 is 0.636 bits per heavy atom. The predicted molar refractivity (Wildman–Crippen MR) is 54.6 cm³/mol. The normalized spacial score (nSPS) is 4.36. The van der Waals surface area contributed by atoms with Crippen LogP contribution in [0.4, 0.5) is 0 Å². The molecule has 0 spiro atoms. The molecule has 0 saturated heterocycles. The van der Waals surface area contributed by atoms with E-state index in [0.29, 0.717) is 0 Å². The van der Waals surface area contributed by atoms with E-state index in [-0.39, 0.29) is 32.7 Å². The van der Waals surface area contributed by atoms with Crippen LogP contribution < -0.4 is 0 Å². The van der Waals surface area contributed by atoms with Gasteiger partial charge in [0.15, 0.2) is 0 Å². The van der Waals surface area contributed by atoms with E-state index in [9.17, 15) is 0 Å². The van der Waals surface area contributed by atoms with Crippen molar-refractivity contribution in [3.63, 3.8) is 0 Å². The fraction of sp³-hybridized carbons (Fsp3) is 1.00. The summed E-state index contributed by atoms with van der Waals surface area (Å²) in [6, 6.07) is 0. The van der Waals surface area contributed by atoms with Gasteiger partial charge < -0.3 is 0 Å². The van der Waals surface area contributed by atoms with Crippen molar-refractivity contribution in [2.24, 2.45) is 0 Å². The molecular formula is C10H28Y. The molecule has 0 nitrogen and oxygen atoms in total. The van der Waals surface area contributed by atoms with Crippen LogP contribution >= 0.6 is 0 Å². The summed E-state index contributed by atoms with van der Waals surface area (Å²) in [4.78, 5) is 0. The Hall–Kier alpha value is 1.10. The van der Waals surface area contributed by atoms with Crippen molar-refractivity contribution in [1.29, 1.82) is 0 Å². The van der Waals surface area contributed by atoms with Gasteiger partial charge >= 0.3 is 0 Å². The molecule has 0 heterocycles.